The van der Waals surface area contributed by atoms with Gasteiger partial charge in [0.2, 0.25) is 11.1 Å². The number of benzene rings is 2. The number of methoxy groups -OCH3 is 1. The molecule has 3 N–H and O–H groups in total. The molecule has 140 valence electrons. The number of amides is 1. The molecule has 0 unspecified atom stereocenters. The Morgan fingerprint density at radius 1 is 1.26 bits per heavy atom. The van der Waals surface area contributed by atoms with Gasteiger partial charge < -0.3 is 15.9 Å². The van der Waals surface area contributed by atoms with Gasteiger partial charge in [-0.3, -0.25) is 4.79 Å². The summed E-state index contributed by atoms with van der Waals surface area (Å²) in [6.45, 7) is 2.01. The van der Waals surface area contributed by atoms with Crippen molar-refractivity contribution in [2.45, 2.75) is 12.1 Å². The molecule has 0 aliphatic heterocycles. The maximum atomic E-state index is 12.2. The summed E-state index contributed by atoms with van der Waals surface area (Å²) in [5.74, 6) is 7.08. The summed E-state index contributed by atoms with van der Waals surface area (Å²) < 4.78 is 6.47. The number of nitrogens with zero attached hydrogens (tertiary/aromatic N) is 3. The van der Waals surface area contributed by atoms with Gasteiger partial charge in [0, 0.05) is 11.3 Å². The second-order valence-corrected chi connectivity index (χ2v) is 7.08. The molecule has 0 aliphatic rings. The molecule has 0 fully saturated rings. The van der Waals surface area contributed by atoms with Crippen LogP contribution < -0.4 is 15.9 Å². The number of ether oxygens (including phenoxy) is 1. The monoisotopic (exact) mass is 403 g/mol. The fourth-order valence-corrected chi connectivity index (χ4v) is 3.26. The molecule has 0 atom stereocenters. The summed E-state index contributed by atoms with van der Waals surface area (Å²) >= 11 is 7.26. The van der Waals surface area contributed by atoms with E-state index in [-0.39, 0.29) is 11.7 Å². The van der Waals surface area contributed by atoms with Crippen LogP contribution in [0, 0.1) is 6.92 Å². The molecular formula is C18H18ClN5O2S. The molecule has 9 heteroatoms. The number of nitrogen functional groups attached to an aromatic ring is 1. The molecule has 0 spiro atoms. The second-order valence-electron chi connectivity index (χ2n) is 5.73. The van der Waals surface area contributed by atoms with Crippen LogP contribution in [-0.2, 0) is 4.79 Å². The Morgan fingerprint density at radius 2 is 2.00 bits per heavy atom. The van der Waals surface area contributed by atoms with E-state index in [9.17, 15) is 4.79 Å². The van der Waals surface area contributed by atoms with Crippen molar-refractivity contribution in [3.8, 4) is 17.1 Å². The third-order valence-corrected chi connectivity index (χ3v) is 4.98. The quantitative estimate of drug-likeness (QED) is 0.484. The maximum Gasteiger partial charge on any atom is 0.234 e. The first-order valence-corrected chi connectivity index (χ1v) is 9.38. The summed E-state index contributed by atoms with van der Waals surface area (Å²) in [5.41, 5.74) is 2.59. The number of aromatic nitrogens is 3. The molecule has 3 aromatic rings. The molecule has 7 nitrogen and oxygen atoms in total. The zero-order chi connectivity index (χ0) is 19.4. The molecule has 0 saturated carbocycles. The average molecular weight is 404 g/mol. The highest BCUT2D eigenvalue weighted by Gasteiger charge is 2.14. The first-order valence-electron chi connectivity index (χ1n) is 8.01. The number of hydrogen-bond donors (Lipinski definition) is 2. The van der Waals surface area contributed by atoms with Gasteiger partial charge in [-0.25, -0.2) is 4.68 Å². The van der Waals surface area contributed by atoms with E-state index in [0.717, 1.165) is 11.1 Å². The Kier molecular flexibility index (Phi) is 5.88. The fourth-order valence-electron chi connectivity index (χ4n) is 2.35. The van der Waals surface area contributed by atoms with Crippen LogP contribution in [0.25, 0.3) is 11.4 Å². The van der Waals surface area contributed by atoms with Gasteiger partial charge in [0.15, 0.2) is 5.82 Å². The number of carbonyl (C=O) groups excluding carboxylic acids is 1. The van der Waals surface area contributed by atoms with Gasteiger partial charge in [0.05, 0.1) is 17.9 Å². The Bertz CT molecular complexity index is 959. The van der Waals surface area contributed by atoms with Crippen LogP contribution in [0.3, 0.4) is 0 Å². The van der Waals surface area contributed by atoms with Crippen molar-refractivity contribution in [1.82, 2.24) is 14.9 Å². The Balaban J connectivity index is 1.62. The highest BCUT2D eigenvalue weighted by Crippen LogP contribution is 2.27. The van der Waals surface area contributed by atoms with Gasteiger partial charge in [-0.2, -0.15) is 0 Å². The number of aryl methyl sites for hydroxylation is 1. The molecule has 3 rings (SSSR count). The van der Waals surface area contributed by atoms with Crippen molar-refractivity contribution in [1.29, 1.82) is 0 Å². The van der Waals surface area contributed by atoms with E-state index in [2.05, 4.69) is 15.5 Å². The molecule has 0 aliphatic carbocycles. The van der Waals surface area contributed by atoms with Crippen molar-refractivity contribution in [3.05, 3.63) is 53.1 Å². The minimum atomic E-state index is -0.207. The lowest BCUT2D eigenvalue weighted by atomic mass is 10.1. The number of nitrogens with one attached hydrogen (secondary N) is 1. The van der Waals surface area contributed by atoms with Crippen LogP contribution in [0.5, 0.6) is 5.75 Å². The lowest BCUT2D eigenvalue weighted by Crippen LogP contribution is -2.16. The number of halogens is 1. The third-order valence-electron chi connectivity index (χ3n) is 3.74. The number of carbonyl (C=O) groups is 1. The van der Waals surface area contributed by atoms with Gasteiger partial charge in [-0.15, -0.1) is 10.2 Å². The zero-order valence-electron chi connectivity index (χ0n) is 14.8. The normalized spacial score (nSPS) is 10.6. The number of thioether (sulfide) groups is 1. The second kappa shape index (κ2) is 8.32. The number of hydrogen-bond acceptors (Lipinski definition) is 6. The number of anilines is 1. The van der Waals surface area contributed by atoms with Crippen LogP contribution in [0.2, 0.25) is 5.02 Å². The number of nitrogens with two attached hydrogens (primary N) is 1. The Hall–Kier alpha value is -2.71. The lowest BCUT2D eigenvalue weighted by Gasteiger charge is -2.08. The van der Waals surface area contributed by atoms with Gasteiger partial charge in [0.25, 0.3) is 0 Å². The van der Waals surface area contributed by atoms with Crippen LogP contribution in [0.1, 0.15) is 5.56 Å². The molecule has 2 aromatic carbocycles. The molecule has 0 radical (unpaired) electrons. The van der Waals surface area contributed by atoms with Crippen molar-refractivity contribution in [2.75, 3.05) is 24.0 Å². The highest BCUT2D eigenvalue weighted by atomic mass is 35.5. The van der Waals surface area contributed by atoms with Gasteiger partial charge in [-0.1, -0.05) is 53.2 Å². The SMILES string of the molecule is COc1ccc(NC(=O)CSc2nnc(-c3ccc(C)cc3)n2N)cc1Cl. The van der Waals surface area contributed by atoms with E-state index in [1.807, 2.05) is 31.2 Å². The largest absolute Gasteiger partial charge is 0.495 e. The minimum Gasteiger partial charge on any atom is -0.495 e. The number of rotatable bonds is 6. The van der Waals surface area contributed by atoms with Crippen molar-refractivity contribution < 1.29 is 9.53 Å². The van der Waals surface area contributed by atoms with Crippen LogP contribution in [0.15, 0.2) is 47.6 Å². The van der Waals surface area contributed by atoms with Crippen molar-refractivity contribution in [2.24, 2.45) is 0 Å². The smallest absolute Gasteiger partial charge is 0.234 e. The summed E-state index contributed by atoms with van der Waals surface area (Å²) in [5, 5.41) is 11.8. The maximum absolute atomic E-state index is 12.2. The summed E-state index contributed by atoms with van der Waals surface area (Å²) in [6.07, 6.45) is 0. The molecule has 1 amide bonds. The summed E-state index contributed by atoms with van der Waals surface area (Å²) in [6, 6.07) is 12.8. The topological polar surface area (TPSA) is 95.1 Å². The van der Waals surface area contributed by atoms with E-state index >= 15 is 0 Å². The van der Waals surface area contributed by atoms with E-state index in [1.165, 1.54) is 23.5 Å². The van der Waals surface area contributed by atoms with Crippen molar-refractivity contribution >= 4 is 35.0 Å². The van der Waals surface area contributed by atoms with Gasteiger partial charge in [0.1, 0.15) is 5.75 Å². The van der Waals surface area contributed by atoms with Crippen LogP contribution >= 0.6 is 23.4 Å². The summed E-state index contributed by atoms with van der Waals surface area (Å²) in [4.78, 5) is 12.2. The molecule has 0 bridgehead atoms. The van der Waals surface area contributed by atoms with E-state index < -0.39 is 0 Å². The Labute approximate surface area is 165 Å². The van der Waals surface area contributed by atoms with Crippen LogP contribution in [-0.4, -0.2) is 33.6 Å². The average Bonchev–Trinajstić information content (AvgIpc) is 3.01. The van der Waals surface area contributed by atoms with Gasteiger partial charge in [-0.05, 0) is 25.1 Å². The summed E-state index contributed by atoms with van der Waals surface area (Å²) in [7, 11) is 1.53. The van der Waals surface area contributed by atoms with Crippen molar-refractivity contribution in [3.63, 3.8) is 0 Å². The molecule has 1 heterocycles. The van der Waals surface area contributed by atoms with E-state index in [4.69, 9.17) is 22.2 Å². The molecular weight excluding hydrogens is 386 g/mol. The zero-order valence-corrected chi connectivity index (χ0v) is 16.3. The predicted molar refractivity (Wildman–Crippen MR) is 108 cm³/mol. The van der Waals surface area contributed by atoms with Gasteiger partial charge >= 0.3 is 0 Å². The lowest BCUT2D eigenvalue weighted by molar-refractivity contribution is -0.113. The molecule has 27 heavy (non-hydrogen) atoms. The first-order chi connectivity index (χ1) is 13.0. The van der Waals surface area contributed by atoms with Crippen LogP contribution in [0.4, 0.5) is 5.69 Å². The molecule has 1 aromatic heterocycles. The standard InChI is InChI=1S/C18H18ClN5O2S/c1-11-3-5-12(6-4-11)17-22-23-18(24(17)20)27-10-16(25)21-13-7-8-15(26-2)14(19)9-13/h3-9H,10,20H2,1-2H3,(H,21,25). The highest BCUT2D eigenvalue weighted by molar-refractivity contribution is 7.99. The van der Waals surface area contributed by atoms with E-state index in [1.54, 1.807) is 18.2 Å². The van der Waals surface area contributed by atoms with E-state index in [0.29, 0.717) is 27.4 Å². The predicted octanol–water partition coefficient (Wildman–Crippen LogP) is 3.36. The Morgan fingerprint density at radius 3 is 2.67 bits per heavy atom. The fraction of sp³-hybridized carbons (Fsp3) is 0.167. The molecule has 0 saturated heterocycles. The minimum absolute atomic E-state index is 0.132. The third kappa shape index (κ3) is 4.53. The first kappa shape index (κ1) is 19.1.